The van der Waals surface area contributed by atoms with Crippen molar-refractivity contribution in [3.63, 3.8) is 0 Å². The summed E-state index contributed by atoms with van der Waals surface area (Å²) in [4.78, 5) is 8.76. The molecule has 0 atom stereocenters. The van der Waals surface area contributed by atoms with Crippen molar-refractivity contribution in [2.75, 3.05) is 17.2 Å². The molecule has 1 heterocycles. The Morgan fingerprint density at radius 2 is 1.86 bits per heavy atom. The van der Waals surface area contributed by atoms with E-state index in [9.17, 15) is 0 Å². The molecule has 0 radical (unpaired) electrons. The molecule has 0 spiro atoms. The van der Waals surface area contributed by atoms with E-state index in [2.05, 4.69) is 69.4 Å². The zero-order valence-corrected chi connectivity index (χ0v) is 14.2. The van der Waals surface area contributed by atoms with Gasteiger partial charge in [0.15, 0.2) is 0 Å². The number of anilines is 2. The first-order chi connectivity index (χ1) is 10.1. The normalized spacial score (nSPS) is 10.7. The van der Waals surface area contributed by atoms with Crippen LogP contribution >= 0.6 is 15.9 Å². The summed E-state index contributed by atoms with van der Waals surface area (Å²) in [6, 6.07) is 8.26. The third-order valence-corrected chi connectivity index (χ3v) is 3.65. The molecule has 21 heavy (non-hydrogen) atoms. The summed E-state index contributed by atoms with van der Waals surface area (Å²) in [6.07, 6.45) is 1.60. The van der Waals surface area contributed by atoms with Crippen molar-refractivity contribution in [2.45, 2.75) is 33.2 Å². The molecule has 0 saturated carbocycles. The first-order valence-electron chi connectivity index (χ1n) is 7.19. The van der Waals surface area contributed by atoms with Crippen LogP contribution in [0.5, 0.6) is 0 Å². The van der Waals surface area contributed by atoms with E-state index in [4.69, 9.17) is 0 Å². The smallest absolute Gasteiger partial charge is 0.135 e. The Kier molecular flexibility index (Phi) is 5.56. The van der Waals surface area contributed by atoms with Gasteiger partial charge in [0.1, 0.15) is 18.0 Å². The van der Waals surface area contributed by atoms with Crippen LogP contribution in [-0.2, 0) is 6.54 Å². The van der Waals surface area contributed by atoms with Gasteiger partial charge in [-0.25, -0.2) is 9.97 Å². The van der Waals surface area contributed by atoms with Crippen LogP contribution in [0.2, 0.25) is 0 Å². The van der Waals surface area contributed by atoms with E-state index < -0.39 is 0 Å². The fourth-order valence-corrected chi connectivity index (χ4v) is 2.67. The van der Waals surface area contributed by atoms with Crippen LogP contribution in [0, 0.1) is 0 Å². The summed E-state index contributed by atoms with van der Waals surface area (Å²) in [5.41, 5.74) is 2.34. The first-order valence-corrected chi connectivity index (χ1v) is 7.98. The van der Waals surface area contributed by atoms with Crippen molar-refractivity contribution in [1.82, 2.24) is 9.97 Å². The van der Waals surface area contributed by atoms with Crippen LogP contribution in [0.15, 0.2) is 35.1 Å². The van der Waals surface area contributed by atoms with Crippen molar-refractivity contribution in [3.8, 4) is 0 Å². The molecule has 0 fully saturated rings. The SMILES string of the molecule is CCNc1ncnc(NCc2cccc(Br)c2)c1C(C)C. The van der Waals surface area contributed by atoms with Gasteiger partial charge in [0.05, 0.1) is 0 Å². The van der Waals surface area contributed by atoms with Gasteiger partial charge < -0.3 is 10.6 Å². The van der Waals surface area contributed by atoms with Crippen LogP contribution in [0.25, 0.3) is 0 Å². The summed E-state index contributed by atoms with van der Waals surface area (Å²) in [6.45, 7) is 7.97. The van der Waals surface area contributed by atoms with Crippen molar-refractivity contribution in [2.24, 2.45) is 0 Å². The van der Waals surface area contributed by atoms with Gasteiger partial charge in [0, 0.05) is 23.1 Å². The highest BCUT2D eigenvalue weighted by atomic mass is 79.9. The Hall–Kier alpha value is -1.62. The minimum atomic E-state index is 0.352. The van der Waals surface area contributed by atoms with Crippen molar-refractivity contribution in [1.29, 1.82) is 0 Å². The van der Waals surface area contributed by atoms with Gasteiger partial charge in [0.25, 0.3) is 0 Å². The predicted octanol–water partition coefficient (Wildman–Crippen LogP) is 4.41. The summed E-state index contributed by atoms with van der Waals surface area (Å²) in [5.74, 6) is 2.17. The molecule has 4 nitrogen and oxygen atoms in total. The summed E-state index contributed by atoms with van der Waals surface area (Å²) in [7, 11) is 0. The van der Waals surface area contributed by atoms with Crippen LogP contribution < -0.4 is 10.6 Å². The lowest BCUT2D eigenvalue weighted by Crippen LogP contribution is -2.11. The molecular formula is C16H21BrN4. The monoisotopic (exact) mass is 348 g/mol. The van der Waals surface area contributed by atoms with E-state index in [0.29, 0.717) is 5.92 Å². The zero-order valence-electron chi connectivity index (χ0n) is 12.7. The Morgan fingerprint density at radius 3 is 2.48 bits per heavy atom. The summed E-state index contributed by atoms with van der Waals surface area (Å²) in [5, 5.41) is 6.73. The molecule has 1 aromatic heterocycles. The third kappa shape index (κ3) is 4.17. The number of aromatic nitrogens is 2. The maximum Gasteiger partial charge on any atom is 0.135 e. The Morgan fingerprint density at radius 1 is 1.14 bits per heavy atom. The molecule has 0 aliphatic carbocycles. The largest absolute Gasteiger partial charge is 0.370 e. The molecule has 0 aliphatic heterocycles. The predicted molar refractivity (Wildman–Crippen MR) is 91.8 cm³/mol. The molecule has 2 rings (SSSR count). The Balaban J connectivity index is 2.21. The van der Waals surface area contributed by atoms with E-state index in [-0.39, 0.29) is 0 Å². The second-order valence-electron chi connectivity index (χ2n) is 5.15. The fourth-order valence-electron chi connectivity index (χ4n) is 2.22. The number of nitrogens with zero attached hydrogens (tertiary/aromatic N) is 2. The van der Waals surface area contributed by atoms with Crippen LogP contribution in [0.3, 0.4) is 0 Å². The molecule has 0 unspecified atom stereocenters. The number of rotatable bonds is 6. The van der Waals surface area contributed by atoms with Gasteiger partial charge in [-0.1, -0.05) is 41.9 Å². The van der Waals surface area contributed by atoms with E-state index in [0.717, 1.165) is 34.8 Å². The van der Waals surface area contributed by atoms with Gasteiger partial charge in [-0.2, -0.15) is 0 Å². The maximum absolute atomic E-state index is 4.41. The summed E-state index contributed by atoms with van der Waals surface area (Å²) >= 11 is 3.49. The highest BCUT2D eigenvalue weighted by Crippen LogP contribution is 2.28. The van der Waals surface area contributed by atoms with Crippen molar-refractivity contribution < 1.29 is 0 Å². The number of halogens is 1. The number of nitrogens with one attached hydrogen (secondary N) is 2. The molecule has 0 saturated heterocycles. The molecule has 0 aliphatic rings. The lowest BCUT2D eigenvalue weighted by atomic mass is 10.0. The van der Waals surface area contributed by atoms with Crippen LogP contribution in [0.1, 0.15) is 37.8 Å². The van der Waals surface area contributed by atoms with Crippen LogP contribution in [-0.4, -0.2) is 16.5 Å². The fraction of sp³-hybridized carbons (Fsp3) is 0.375. The quantitative estimate of drug-likeness (QED) is 0.811. The number of hydrogen-bond donors (Lipinski definition) is 2. The standard InChI is InChI=1S/C16H21BrN4/c1-4-18-15-14(11(2)3)16(21-10-20-15)19-9-12-6-5-7-13(17)8-12/h5-8,10-11H,4,9H2,1-3H3,(H2,18,19,20,21). The maximum atomic E-state index is 4.41. The van der Waals surface area contributed by atoms with E-state index in [1.807, 2.05) is 12.1 Å². The second-order valence-corrected chi connectivity index (χ2v) is 6.07. The van der Waals surface area contributed by atoms with E-state index in [1.54, 1.807) is 6.33 Å². The Bertz CT molecular complexity index is 599. The molecular weight excluding hydrogens is 328 g/mol. The molecule has 5 heteroatoms. The van der Waals surface area contributed by atoms with Crippen molar-refractivity contribution >= 4 is 27.6 Å². The number of hydrogen-bond acceptors (Lipinski definition) is 4. The average Bonchev–Trinajstić information content (AvgIpc) is 2.45. The van der Waals surface area contributed by atoms with Gasteiger partial charge >= 0.3 is 0 Å². The minimum absolute atomic E-state index is 0.352. The topological polar surface area (TPSA) is 49.8 Å². The van der Waals surface area contributed by atoms with Gasteiger partial charge in [0.2, 0.25) is 0 Å². The zero-order chi connectivity index (χ0) is 15.2. The average molecular weight is 349 g/mol. The lowest BCUT2D eigenvalue weighted by Gasteiger charge is -2.17. The first kappa shape index (κ1) is 15.8. The lowest BCUT2D eigenvalue weighted by molar-refractivity contribution is 0.844. The van der Waals surface area contributed by atoms with Crippen molar-refractivity contribution in [3.05, 3.63) is 46.2 Å². The third-order valence-electron chi connectivity index (χ3n) is 3.15. The molecule has 1 aromatic carbocycles. The molecule has 0 bridgehead atoms. The second kappa shape index (κ2) is 7.41. The Labute approximate surface area is 134 Å². The van der Waals surface area contributed by atoms with E-state index in [1.165, 1.54) is 5.56 Å². The highest BCUT2D eigenvalue weighted by Gasteiger charge is 2.14. The van der Waals surface area contributed by atoms with Gasteiger partial charge in [-0.3, -0.25) is 0 Å². The summed E-state index contributed by atoms with van der Waals surface area (Å²) < 4.78 is 1.09. The van der Waals surface area contributed by atoms with Crippen LogP contribution in [0.4, 0.5) is 11.6 Å². The van der Waals surface area contributed by atoms with Gasteiger partial charge in [-0.05, 0) is 30.5 Å². The molecule has 2 N–H and O–H groups in total. The number of benzene rings is 1. The van der Waals surface area contributed by atoms with Gasteiger partial charge in [-0.15, -0.1) is 0 Å². The highest BCUT2D eigenvalue weighted by molar-refractivity contribution is 9.10. The molecule has 112 valence electrons. The molecule has 0 amide bonds. The van der Waals surface area contributed by atoms with E-state index >= 15 is 0 Å². The molecule has 2 aromatic rings. The minimum Gasteiger partial charge on any atom is -0.370 e.